The van der Waals surface area contributed by atoms with Gasteiger partial charge in [0.1, 0.15) is 0 Å². The van der Waals surface area contributed by atoms with Crippen LogP contribution in [-0.2, 0) is 0 Å². The minimum absolute atomic E-state index is 0.102. The Balaban J connectivity index is 1.23. The highest BCUT2D eigenvalue weighted by Crippen LogP contribution is 2.55. The molecule has 148 valence electrons. The first-order valence-electron chi connectivity index (χ1n) is 9.99. The Kier molecular flexibility index (Phi) is 4.04. The summed E-state index contributed by atoms with van der Waals surface area (Å²) in [7, 11) is 0. The van der Waals surface area contributed by atoms with Crippen LogP contribution in [0.5, 0.6) is 0 Å². The van der Waals surface area contributed by atoms with Crippen molar-refractivity contribution >= 4 is 28.9 Å². The fourth-order valence-electron chi connectivity index (χ4n) is 6.00. The normalized spacial score (nSPS) is 30.4. The zero-order valence-electron chi connectivity index (χ0n) is 16.2. The molecular formula is C19H25N7OS. The second-order valence-corrected chi connectivity index (χ2v) is 9.33. The third-order valence-electron chi connectivity index (χ3n) is 6.65. The van der Waals surface area contributed by atoms with Gasteiger partial charge >= 0.3 is 0 Å². The van der Waals surface area contributed by atoms with Gasteiger partial charge in [0.2, 0.25) is 0 Å². The first kappa shape index (κ1) is 17.8. The number of hydrogen-bond acceptors (Lipinski definition) is 5. The Hall–Kier alpha value is -2.29. The van der Waals surface area contributed by atoms with Gasteiger partial charge in [0, 0.05) is 11.6 Å². The summed E-state index contributed by atoms with van der Waals surface area (Å²) in [6, 6.07) is 1.82. The summed E-state index contributed by atoms with van der Waals surface area (Å²) in [6.07, 6.45) is 7.71. The number of carbonyl (C=O) groups is 1. The molecule has 1 amide bonds. The molecule has 0 unspecified atom stereocenters. The molecule has 4 aliphatic rings. The average molecular weight is 400 g/mol. The van der Waals surface area contributed by atoms with E-state index in [0.29, 0.717) is 16.5 Å². The summed E-state index contributed by atoms with van der Waals surface area (Å²) < 4.78 is 1.63. The fraction of sp³-hybridized carbons (Fsp3) is 0.632. The summed E-state index contributed by atoms with van der Waals surface area (Å²) in [5.74, 6) is 2.12. The molecule has 9 heteroatoms. The van der Waals surface area contributed by atoms with E-state index in [1.807, 2.05) is 13.0 Å². The van der Waals surface area contributed by atoms with Crippen LogP contribution in [0, 0.1) is 31.6 Å². The number of thiocarbonyl (C=S) groups is 1. The van der Waals surface area contributed by atoms with Crippen LogP contribution in [0.1, 0.15) is 60.4 Å². The highest BCUT2D eigenvalue weighted by Gasteiger charge is 2.51. The summed E-state index contributed by atoms with van der Waals surface area (Å²) in [4.78, 5) is 12.6. The highest BCUT2D eigenvalue weighted by molar-refractivity contribution is 7.80. The molecule has 0 spiro atoms. The lowest BCUT2D eigenvalue weighted by Gasteiger charge is -2.57. The molecule has 0 atom stereocenters. The van der Waals surface area contributed by atoms with E-state index >= 15 is 0 Å². The van der Waals surface area contributed by atoms with E-state index in [4.69, 9.17) is 12.2 Å². The van der Waals surface area contributed by atoms with Crippen molar-refractivity contribution in [3.63, 3.8) is 0 Å². The van der Waals surface area contributed by atoms with E-state index in [2.05, 4.69) is 31.5 Å². The zero-order valence-corrected chi connectivity index (χ0v) is 17.0. The fourth-order valence-corrected chi connectivity index (χ4v) is 6.26. The minimum atomic E-state index is -0.380. The van der Waals surface area contributed by atoms with Crippen LogP contribution in [-0.4, -0.2) is 36.4 Å². The van der Waals surface area contributed by atoms with Crippen molar-refractivity contribution in [3.05, 3.63) is 23.1 Å². The van der Waals surface area contributed by atoms with Crippen molar-refractivity contribution in [1.82, 2.24) is 36.0 Å². The van der Waals surface area contributed by atoms with Gasteiger partial charge in [-0.05, 0) is 82.3 Å². The molecule has 0 aromatic carbocycles. The predicted molar refractivity (Wildman–Crippen MR) is 107 cm³/mol. The molecule has 4 bridgehead atoms. The van der Waals surface area contributed by atoms with Crippen LogP contribution >= 0.6 is 12.2 Å². The van der Waals surface area contributed by atoms with E-state index in [1.165, 1.54) is 38.5 Å². The van der Waals surface area contributed by atoms with Crippen molar-refractivity contribution in [3.8, 4) is 0 Å². The second kappa shape index (κ2) is 6.37. The van der Waals surface area contributed by atoms with Gasteiger partial charge in [-0.25, -0.2) is 4.52 Å². The predicted octanol–water partition coefficient (Wildman–Crippen LogP) is 1.82. The Morgan fingerprint density at radius 2 is 1.75 bits per heavy atom. The number of fused-ring (bicyclic) bond motifs is 1. The number of rotatable bonds is 2. The number of nitrogens with zero attached hydrogens (tertiary/aromatic N) is 4. The third kappa shape index (κ3) is 3.01. The molecule has 8 nitrogen and oxygen atoms in total. The van der Waals surface area contributed by atoms with Crippen molar-refractivity contribution in [2.24, 2.45) is 17.8 Å². The molecule has 2 heterocycles. The van der Waals surface area contributed by atoms with Gasteiger partial charge in [-0.3, -0.25) is 15.6 Å². The minimum Gasteiger partial charge on any atom is -0.356 e. The van der Waals surface area contributed by atoms with E-state index in [9.17, 15) is 4.79 Å². The molecular weight excluding hydrogens is 374 g/mol. The molecule has 0 aliphatic heterocycles. The molecule has 4 aliphatic carbocycles. The van der Waals surface area contributed by atoms with Crippen LogP contribution in [0.25, 0.3) is 5.65 Å². The molecule has 4 saturated carbocycles. The third-order valence-corrected chi connectivity index (χ3v) is 6.85. The maximum absolute atomic E-state index is 12.6. The lowest BCUT2D eigenvalue weighted by atomic mass is 9.53. The van der Waals surface area contributed by atoms with Gasteiger partial charge in [0.25, 0.3) is 5.91 Å². The lowest BCUT2D eigenvalue weighted by Crippen LogP contribution is -2.62. The van der Waals surface area contributed by atoms with Crippen LogP contribution in [0.15, 0.2) is 6.07 Å². The van der Waals surface area contributed by atoms with E-state index in [-0.39, 0.29) is 17.1 Å². The smallest absolute Gasteiger partial charge is 0.292 e. The molecule has 3 N–H and O–H groups in total. The molecule has 28 heavy (non-hydrogen) atoms. The summed E-state index contributed by atoms with van der Waals surface area (Å²) in [6.45, 7) is 3.68. The van der Waals surface area contributed by atoms with Gasteiger partial charge in [-0.2, -0.15) is 5.10 Å². The van der Waals surface area contributed by atoms with Gasteiger partial charge in [0.15, 0.2) is 16.5 Å². The Labute approximate surface area is 168 Å². The number of amides is 1. The largest absolute Gasteiger partial charge is 0.356 e. The number of aromatic nitrogens is 4. The van der Waals surface area contributed by atoms with Gasteiger partial charge in [-0.15, -0.1) is 10.2 Å². The Bertz CT molecular complexity index is 933. The molecule has 0 saturated heterocycles. The van der Waals surface area contributed by atoms with Crippen LogP contribution < -0.4 is 16.2 Å². The molecule has 6 rings (SSSR count). The van der Waals surface area contributed by atoms with Gasteiger partial charge < -0.3 is 5.32 Å². The molecule has 4 fully saturated rings. The first-order valence-corrected chi connectivity index (χ1v) is 10.4. The maximum atomic E-state index is 12.6. The number of hydrazine groups is 1. The van der Waals surface area contributed by atoms with Crippen LogP contribution in [0.2, 0.25) is 0 Å². The van der Waals surface area contributed by atoms with E-state index in [0.717, 1.165) is 23.4 Å². The van der Waals surface area contributed by atoms with Gasteiger partial charge in [-0.1, -0.05) is 0 Å². The zero-order chi connectivity index (χ0) is 19.5. The first-order chi connectivity index (χ1) is 13.4. The number of hydrogen-bond donors (Lipinski definition) is 3. The van der Waals surface area contributed by atoms with Crippen molar-refractivity contribution in [2.45, 2.75) is 57.9 Å². The Morgan fingerprint density at radius 1 is 1.11 bits per heavy atom. The van der Waals surface area contributed by atoms with Crippen molar-refractivity contribution in [1.29, 1.82) is 0 Å². The topological polar surface area (TPSA) is 96.2 Å². The maximum Gasteiger partial charge on any atom is 0.292 e. The monoisotopic (exact) mass is 399 g/mol. The lowest BCUT2D eigenvalue weighted by molar-refractivity contribution is -0.0102. The SMILES string of the molecule is Cc1cc2nnc(C(=O)NNC(=S)NC34CC5CC(CC(C5)C3)C4)c(C)n2n1. The van der Waals surface area contributed by atoms with E-state index in [1.54, 1.807) is 11.4 Å². The van der Waals surface area contributed by atoms with Crippen LogP contribution in [0.3, 0.4) is 0 Å². The van der Waals surface area contributed by atoms with E-state index < -0.39 is 0 Å². The summed E-state index contributed by atoms with van der Waals surface area (Å²) in [5.41, 5.74) is 7.93. The Morgan fingerprint density at radius 3 is 2.39 bits per heavy atom. The van der Waals surface area contributed by atoms with Gasteiger partial charge in [0.05, 0.1) is 11.4 Å². The number of aryl methyl sites for hydroxylation is 2. The number of nitrogens with one attached hydrogen (secondary N) is 3. The second-order valence-electron chi connectivity index (χ2n) is 8.92. The standard InChI is InChI=1S/C19H25N7OS/c1-10-3-15-21-22-16(11(2)26(15)25-10)17(27)23-24-18(28)20-19-7-12-4-13(8-19)6-14(5-12)9-19/h3,12-14H,4-9H2,1-2H3,(H,23,27)(H2,20,24,28). The average Bonchev–Trinajstić information content (AvgIpc) is 3.00. The van der Waals surface area contributed by atoms with Crippen molar-refractivity contribution < 1.29 is 4.79 Å². The van der Waals surface area contributed by atoms with Crippen LogP contribution in [0.4, 0.5) is 0 Å². The highest BCUT2D eigenvalue weighted by atomic mass is 32.1. The quantitative estimate of drug-likeness (QED) is 0.524. The number of carbonyl (C=O) groups excluding carboxylic acids is 1. The summed E-state index contributed by atoms with van der Waals surface area (Å²) in [5, 5.41) is 16.5. The molecule has 2 aromatic heterocycles. The molecule has 0 radical (unpaired) electrons. The molecule has 2 aromatic rings. The van der Waals surface area contributed by atoms with Crippen molar-refractivity contribution in [2.75, 3.05) is 0 Å². The summed E-state index contributed by atoms with van der Waals surface area (Å²) >= 11 is 5.48.